The maximum absolute atomic E-state index is 12.1. The Kier molecular flexibility index (Phi) is 3.10. The quantitative estimate of drug-likeness (QED) is 0.760. The molecule has 0 N–H and O–H groups in total. The molecule has 2 atom stereocenters. The Morgan fingerprint density at radius 2 is 2.06 bits per heavy atom. The molecule has 0 spiro atoms. The van der Waals surface area contributed by atoms with Gasteiger partial charge in [-0.1, -0.05) is 30.3 Å². The normalized spacial score (nSPS) is 28.9. The lowest BCUT2D eigenvalue weighted by molar-refractivity contribution is -0.135. The van der Waals surface area contributed by atoms with E-state index in [1.807, 2.05) is 17.8 Å². The number of fused-ring (bicyclic) bond motifs is 1. The van der Waals surface area contributed by atoms with E-state index in [4.69, 9.17) is 0 Å². The summed E-state index contributed by atoms with van der Waals surface area (Å²) < 4.78 is 0. The molecule has 2 saturated heterocycles. The Morgan fingerprint density at radius 1 is 1.24 bits per heavy atom. The molecule has 1 aromatic carbocycles. The second kappa shape index (κ2) is 4.73. The number of nitrogens with zero attached hydrogens (tertiary/aromatic N) is 1. The van der Waals surface area contributed by atoms with Crippen molar-refractivity contribution < 1.29 is 4.79 Å². The monoisotopic (exact) mass is 247 g/mol. The average molecular weight is 247 g/mol. The Morgan fingerprint density at radius 3 is 2.88 bits per heavy atom. The van der Waals surface area contributed by atoms with Crippen molar-refractivity contribution in [2.75, 3.05) is 12.3 Å². The number of carbonyl (C=O) groups excluding carboxylic acids is 1. The molecule has 17 heavy (non-hydrogen) atoms. The number of amides is 1. The van der Waals surface area contributed by atoms with E-state index >= 15 is 0 Å². The van der Waals surface area contributed by atoms with Gasteiger partial charge in [0, 0.05) is 13.0 Å². The Labute approximate surface area is 106 Å². The zero-order valence-corrected chi connectivity index (χ0v) is 10.7. The van der Waals surface area contributed by atoms with E-state index in [0.29, 0.717) is 23.6 Å². The largest absolute Gasteiger partial charge is 0.331 e. The third-order valence-electron chi connectivity index (χ3n) is 3.70. The van der Waals surface area contributed by atoms with Gasteiger partial charge in [-0.25, -0.2) is 0 Å². The fourth-order valence-corrected chi connectivity index (χ4v) is 4.14. The van der Waals surface area contributed by atoms with Crippen LogP contribution in [-0.4, -0.2) is 28.5 Å². The first kappa shape index (κ1) is 11.1. The topological polar surface area (TPSA) is 20.3 Å². The number of benzene rings is 1. The summed E-state index contributed by atoms with van der Waals surface area (Å²) in [6, 6.07) is 10.5. The molecule has 0 bridgehead atoms. The zero-order valence-electron chi connectivity index (χ0n) is 9.84. The molecule has 0 radical (unpaired) electrons. The molecule has 3 heteroatoms. The highest BCUT2D eigenvalue weighted by Crippen LogP contribution is 2.38. The van der Waals surface area contributed by atoms with E-state index in [9.17, 15) is 4.79 Å². The number of carbonyl (C=O) groups is 1. The highest BCUT2D eigenvalue weighted by Gasteiger charge is 2.35. The molecule has 1 aromatic rings. The maximum atomic E-state index is 12.1. The number of piperidine rings is 1. The highest BCUT2D eigenvalue weighted by molar-refractivity contribution is 7.99. The Hall–Kier alpha value is -0.960. The second-order valence-electron chi connectivity index (χ2n) is 4.81. The molecule has 3 rings (SSSR count). The van der Waals surface area contributed by atoms with E-state index in [-0.39, 0.29) is 0 Å². The summed E-state index contributed by atoms with van der Waals surface area (Å²) in [5.74, 6) is 1.98. The van der Waals surface area contributed by atoms with Crippen molar-refractivity contribution in [3.8, 4) is 0 Å². The van der Waals surface area contributed by atoms with Gasteiger partial charge in [0.15, 0.2) is 0 Å². The summed E-state index contributed by atoms with van der Waals surface area (Å²) in [4.78, 5) is 14.2. The van der Waals surface area contributed by atoms with E-state index in [2.05, 4.69) is 29.2 Å². The standard InChI is InChI=1S/C14H17NOS/c16-13-9-12(11-5-2-1-3-6-11)10-14-15(13)7-4-8-17-14/h1-3,5-6,12,14H,4,7-10H2/t12-,14-/m0/s1. The summed E-state index contributed by atoms with van der Waals surface area (Å²) in [5.41, 5.74) is 1.33. The first-order valence-corrected chi connectivity index (χ1v) is 7.35. The van der Waals surface area contributed by atoms with Crippen molar-refractivity contribution in [1.29, 1.82) is 0 Å². The smallest absolute Gasteiger partial charge is 0.224 e. The van der Waals surface area contributed by atoms with Crippen LogP contribution in [0.1, 0.15) is 30.7 Å². The molecule has 2 aliphatic rings. The molecule has 0 aliphatic carbocycles. The molecule has 1 amide bonds. The lowest BCUT2D eigenvalue weighted by Gasteiger charge is -2.41. The minimum absolute atomic E-state index is 0.349. The molecular weight excluding hydrogens is 230 g/mol. The fraction of sp³-hybridized carbons (Fsp3) is 0.500. The highest BCUT2D eigenvalue weighted by atomic mass is 32.2. The summed E-state index contributed by atoms with van der Waals surface area (Å²) in [6.07, 6.45) is 2.98. The van der Waals surface area contributed by atoms with Gasteiger partial charge in [0.1, 0.15) is 0 Å². The van der Waals surface area contributed by atoms with Gasteiger partial charge >= 0.3 is 0 Å². The first-order valence-electron chi connectivity index (χ1n) is 6.30. The molecule has 0 aromatic heterocycles. The van der Waals surface area contributed by atoms with Crippen LogP contribution in [0, 0.1) is 0 Å². The van der Waals surface area contributed by atoms with Crippen molar-refractivity contribution >= 4 is 17.7 Å². The van der Waals surface area contributed by atoms with Gasteiger partial charge in [0.05, 0.1) is 5.37 Å². The van der Waals surface area contributed by atoms with Gasteiger partial charge < -0.3 is 4.90 Å². The van der Waals surface area contributed by atoms with E-state index in [1.54, 1.807) is 0 Å². The van der Waals surface area contributed by atoms with Gasteiger partial charge in [-0.2, -0.15) is 0 Å². The molecule has 0 unspecified atom stereocenters. The van der Waals surface area contributed by atoms with Crippen LogP contribution in [0.4, 0.5) is 0 Å². The molecular formula is C14H17NOS. The van der Waals surface area contributed by atoms with Crippen LogP contribution in [0.5, 0.6) is 0 Å². The Balaban J connectivity index is 1.79. The molecule has 90 valence electrons. The van der Waals surface area contributed by atoms with Crippen LogP contribution >= 0.6 is 11.8 Å². The SMILES string of the molecule is O=C1C[C@H](c2ccccc2)C[C@@H]2SCCCN12. The van der Waals surface area contributed by atoms with E-state index in [0.717, 1.165) is 19.4 Å². The average Bonchev–Trinajstić information content (AvgIpc) is 2.40. The predicted octanol–water partition coefficient (Wildman–Crippen LogP) is 2.86. The Bertz CT molecular complexity index is 406. The van der Waals surface area contributed by atoms with Crippen molar-refractivity contribution in [2.45, 2.75) is 30.6 Å². The number of hydrogen-bond donors (Lipinski definition) is 0. The summed E-state index contributed by atoms with van der Waals surface area (Å²) in [7, 11) is 0. The number of hydrogen-bond acceptors (Lipinski definition) is 2. The van der Waals surface area contributed by atoms with Crippen LogP contribution in [-0.2, 0) is 4.79 Å². The minimum Gasteiger partial charge on any atom is -0.331 e. The molecule has 2 fully saturated rings. The zero-order chi connectivity index (χ0) is 11.7. The molecule has 0 saturated carbocycles. The van der Waals surface area contributed by atoms with Gasteiger partial charge in [-0.05, 0) is 30.1 Å². The third kappa shape index (κ3) is 2.21. The van der Waals surface area contributed by atoms with Gasteiger partial charge in [0.25, 0.3) is 0 Å². The van der Waals surface area contributed by atoms with Crippen molar-refractivity contribution in [3.05, 3.63) is 35.9 Å². The lowest BCUT2D eigenvalue weighted by Crippen LogP contribution is -2.47. The lowest BCUT2D eigenvalue weighted by atomic mass is 9.89. The van der Waals surface area contributed by atoms with Gasteiger partial charge in [-0.15, -0.1) is 11.8 Å². The third-order valence-corrected chi connectivity index (χ3v) is 5.06. The van der Waals surface area contributed by atoms with Crippen molar-refractivity contribution in [3.63, 3.8) is 0 Å². The molecule has 2 nitrogen and oxygen atoms in total. The van der Waals surface area contributed by atoms with Crippen LogP contribution < -0.4 is 0 Å². The molecule has 2 aliphatic heterocycles. The summed E-state index contributed by atoms with van der Waals surface area (Å²) >= 11 is 1.95. The van der Waals surface area contributed by atoms with E-state index in [1.165, 1.54) is 11.3 Å². The van der Waals surface area contributed by atoms with Crippen molar-refractivity contribution in [2.24, 2.45) is 0 Å². The summed E-state index contributed by atoms with van der Waals surface area (Å²) in [5, 5.41) is 0.426. The van der Waals surface area contributed by atoms with Crippen LogP contribution in [0.15, 0.2) is 30.3 Å². The predicted molar refractivity (Wildman–Crippen MR) is 71.0 cm³/mol. The fourth-order valence-electron chi connectivity index (χ4n) is 2.80. The van der Waals surface area contributed by atoms with Crippen molar-refractivity contribution in [1.82, 2.24) is 4.90 Å². The van der Waals surface area contributed by atoms with Gasteiger partial charge in [0.2, 0.25) is 5.91 Å². The summed E-state index contributed by atoms with van der Waals surface area (Å²) in [6.45, 7) is 0.970. The van der Waals surface area contributed by atoms with E-state index < -0.39 is 0 Å². The molecule has 2 heterocycles. The first-order chi connectivity index (χ1) is 8.34. The second-order valence-corrected chi connectivity index (χ2v) is 6.10. The van der Waals surface area contributed by atoms with Gasteiger partial charge in [-0.3, -0.25) is 4.79 Å². The number of thioether (sulfide) groups is 1. The van der Waals surface area contributed by atoms with Crippen LogP contribution in [0.3, 0.4) is 0 Å². The maximum Gasteiger partial charge on any atom is 0.224 e. The van der Waals surface area contributed by atoms with Crippen LogP contribution in [0.25, 0.3) is 0 Å². The van der Waals surface area contributed by atoms with Crippen LogP contribution in [0.2, 0.25) is 0 Å². The minimum atomic E-state index is 0.349. The number of rotatable bonds is 1.